The molecule has 1 fully saturated rings. The van der Waals surface area contributed by atoms with Crippen molar-refractivity contribution in [3.05, 3.63) is 33.2 Å². The number of ketones is 1. The second kappa shape index (κ2) is 5.06. The second-order valence-corrected chi connectivity index (χ2v) is 6.49. The Kier molecular flexibility index (Phi) is 3.02. The van der Waals surface area contributed by atoms with Crippen molar-refractivity contribution < 1.29 is 28.2 Å². The maximum Gasteiger partial charge on any atom is 0.347 e. The molecule has 3 heterocycles. The monoisotopic (exact) mass is 344 g/mol. The Morgan fingerprint density at radius 1 is 1.20 bits per heavy atom. The first-order valence-corrected chi connectivity index (χ1v) is 8.21. The van der Waals surface area contributed by atoms with Crippen LogP contribution < -0.4 is 15.1 Å². The van der Waals surface area contributed by atoms with Crippen LogP contribution in [0.2, 0.25) is 0 Å². The molecule has 0 saturated carbocycles. The van der Waals surface area contributed by atoms with Gasteiger partial charge in [-0.15, -0.1) is 0 Å². The van der Waals surface area contributed by atoms with Gasteiger partial charge in [-0.3, -0.25) is 4.79 Å². The summed E-state index contributed by atoms with van der Waals surface area (Å²) < 4.78 is 28.0. The molecule has 3 atom stereocenters. The number of Topliss-reactive ketones (excluding diaryl/α,β-unsaturated/α-hetero) is 1. The fourth-order valence-electron chi connectivity index (χ4n) is 4.18. The Labute approximate surface area is 142 Å². The predicted molar refractivity (Wildman–Crippen MR) is 85.3 cm³/mol. The molecule has 1 aliphatic carbocycles. The summed E-state index contributed by atoms with van der Waals surface area (Å²) in [5, 5.41) is 0.687. The SMILES string of the molecule is COc1cc2c(c3oc(=O)c4c(c13)CCC4=O)C1CC(OC)OC1O2. The highest BCUT2D eigenvalue weighted by Crippen LogP contribution is 2.52. The third-order valence-electron chi connectivity index (χ3n) is 5.29. The zero-order valence-electron chi connectivity index (χ0n) is 13.8. The van der Waals surface area contributed by atoms with Gasteiger partial charge < -0.3 is 23.4 Å². The Bertz CT molecular complexity index is 974. The first-order chi connectivity index (χ1) is 12.1. The van der Waals surface area contributed by atoms with Crippen LogP contribution in [0.3, 0.4) is 0 Å². The first-order valence-electron chi connectivity index (χ1n) is 8.21. The van der Waals surface area contributed by atoms with Crippen molar-refractivity contribution in [3.8, 4) is 11.5 Å². The van der Waals surface area contributed by atoms with E-state index in [0.717, 1.165) is 5.56 Å². The Morgan fingerprint density at radius 3 is 2.80 bits per heavy atom. The number of hydrogen-bond donors (Lipinski definition) is 0. The molecule has 0 N–H and O–H groups in total. The zero-order chi connectivity index (χ0) is 17.3. The molecule has 1 aromatic heterocycles. The van der Waals surface area contributed by atoms with Crippen LogP contribution in [0.25, 0.3) is 11.0 Å². The van der Waals surface area contributed by atoms with Crippen LogP contribution in [0.4, 0.5) is 0 Å². The van der Waals surface area contributed by atoms with Crippen molar-refractivity contribution in [3.63, 3.8) is 0 Å². The fourth-order valence-corrected chi connectivity index (χ4v) is 4.18. The number of aryl methyl sites for hydroxylation is 1. The molecule has 0 bridgehead atoms. The van der Waals surface area contributed by atoms with E-state index in [1.165, 1.54) is 0 Å². The molecule has 0 spiro atoms. The van der Waals surface area contributed by atoms with Crippen LogP contribution in [0.15, 0.2) is 15.3 Å². The second-order valence-electron chi connectivity index (χ2n) is 6.49. The molecule has 7 nitrogen and oxygen atoms in total. The third kappa shape index (κ3) is 1.88. The number of hydrogen-bond acceptors (Lipinski definition) is 7. The Morgan fingerprint density at radius 2 is 2.04 bits per heavy atom. The van der Waals surface area contributed by atoms with Crippen LogP contribution in [0.5, 0.6) is 11.5 Å². The minimum atomic E-state index is -0.592. The molecule has 3 aliphatic rings. The Hall–Kier alpha value is -2.38. The lowest BCUT2D eigenvalue weighted by atomic mass is 9.93. The van der Waals surface area contributed by atoms with Gasteiger partial charge in [-0.1, -0.05) is 0 Å². The number of benzene rings is 1. The molecule has 25 heavy (non-hydrogen) atoms. The highest BCUT2D eigenvalue weighted by atomic mass is 16.8. The zero-order valence-corrected chi connectivity index (χ0v) is 13.8. The number of fused-ring (bicyclic) bond motifs is 7. The van der Waals surface area contributed by atoms with Crippen LogP contribution in [0.1, 0.15) is 40.2 Å². The van der Waals surface area contributed by atoms with Crippen molar-refractivity contribution in [1.29, 1.82) is 0 Å². The van der Waals surface area contributed by atoms with Crippen molar-refractivity contribution in [2.45, 2.75) is 37.8 Å². The maximum atomic E-state index is 12.4. The molecule has 2 aliphatic heterocycles. The summed E-state index contributed by atoms with van der Waals surface area (Å²) in [6.07, 6.45) is 0.600. The number of carbonyl (C=O) groups is 1. The number of methoxy groups -OCH3 is 2. The van der Waals surface area contributed by atoms with Gasteiger partial charge in [-0.2, -0.15) is 0 Å². The maximum absolute atomic E-state index is 12.4. The summed E-state index contributed by atoms with van der Waals surface area (Å²) in [6.45, 7) is 0. The number of carbonyl (C=O) groups excluding carboxylic acids is 1. The summed E-state index contributed by atoms with van der Waals surface area (Å²) in [6, 6.07) is 1.78. The summed E-state index contributed by atoms with van der Waals surface area (Å²) in [5.41, 5.74) is 1.49. The normalized spacial score (nSPS) is 26.5. The van der Waals surface area contributed by atoms with Crippen LogP contribution in [0, 0.1) is 0 Å². The highest BCUT2D eigenvalue weighted by Gasteiger charge is 2.47. The standard InChI is InChI=1S/C18H16O7/c1-21-10-6-11-15(8-5-12(22-2)24-18(8)23-11)16-14(10)7-3-4-9(19)13(7)17(20)25-16/h6,8,12,18H,3-5H2,1-2H3. The molecule has 0 amide bonds. The summed E-state index contributed by atoms with van der Waals surface area (Å²) in [5.74, 6) is 0.852. The van der Waals surface area contributed by atoms with Crippen molar-refractivity contribution in [1.82, 2.24) is 0 Å². The highest BCUT2D eigenvalue weighted by molar-refractivity contribution is 6.06. The van der Waals surface area contributed by atoms with E-state index in [0.29, 0.717) is 47.3 Å². The molecule has 130 valence electrons. The average Bonchev–Trinajstić information content (AvgIpc) is 3.26. The fraction of sp³-hybridized carbons (Fsp3) is 0.444. The van der Waals surface area contributed by atoms with Crippen molar-refractivity contribution in [2.24, 2.45) is 0 Å². The molecule has 3 unspecified atom stereocenters. The van der Waals surface area contributed by atoms with E-state index in [1.807, 2.05) is 0 Å². The third-order valence-corrected chi connectivity index (χ3v) is 5.29. The van der Waals surface area contributed by atoms with Crippen LogP contribution >= 0.6 is 0 Å². The molecule has 7 heteroatoms. The van der Waals surface area contributed by atoms with Gasteiger partial charge in [0.2, 0.25) is 6.29 Å². The summed E-state index contributed by atoms with van der Waals surface area (Å²) >= 11 is 0. The molecule has 0 radical (unpaired) electrons. The Balaban J connectivity index is 1.82. The first kappa shape index (κ1) is 14.9. The molecule has 5 rings (SSSR count). The molecule has 1 saturated heterocycles. The lowest BCUT2D eigenvalue weighted by Crippen LogP contribution is -2.17. The van der Waals surface area contributed by atoms with Crippen LogP contribution in [-0.4, -0.2) is 32.6 Å². The van der Waals surface area contributed by atoms with Gasteiger partial charge in [-0.25, -0.2) is 4.79 Å². The van der Waals surface area contributed by atoms with E-state index in [4.69, 9.17) is 23.4 Å². The minimum Gasteiger partial charge on any atom is -0.496 e. The molecular weight excluding hydrogens is 328 g/mol. The van der Waals surface area contributed by atoms with E-state index in [-0.39, 0.29) is 23.6 Å². The summed E-state index contributed by atoms with van der Waals surface area (Å²) in [7, 11) is 3.13. The van der Waals surface area contributed by atoms with Gasteiger partial charge in [0.15, 0.2) is 12.1 Å². The van der Waals surface area contributed by atoms with Gasteiger partial charge in [0.25, 0.3) is 0 Å². The molecule has 1 aromatic carbocycles. The van der Waals surface area contributed by atoms with E-state index in [2.05, 4.69) is 0 Å². The average molecular weight is 344 g/mol. The minimum absolute atomic E-state index is 0.0911. The molecular formula is C18H16O7. The van der Waals surface area contributed by atoms with E-state index in [9.17, 15) is 9.59 Å². The van der Waals surface area contributed by atoms with Crippen molar-refractivity contribution in [2.75, 3.05) is 14.2 Å². The van der Waals surface area contributed by atoms with Gasteiger partial charge in [0.05, 0.1) is 18.4 Å². The van der Waals surface area contributed by atoms with Gasteiger partial charge in [0, 0.05) is 31.6 Å². The predicted octanol–water partition coefficient (Wildman–Crippen LogP) is 2.13. The van der Waals surface area contributed by atoms with E-state index < -0.39 is 11.9 Å². The quantitative estimate of drug-likeness (QED) is 0.772. The van der Waals surface area contributed by atoms with Gasteiger partial charge in [0.1, 0.15) is 22.6 Å². The topological polar surface area (TPSA) is 84.2 Å². The largest absolute Gasteiger partial charge is 0.496 e. The molecule has 2 aromatic rings. The lowest BCUT2D eigenvalue weighted by Gasteiger charge is -2.14. The van der Waals surface area contributed by atoms with Crippen molar-refractivity contribution >= 4 is 16.8 Å². The smallest absolute Gasteiger partial charge is 0.347 e. The van der Waals surface area contributed by atoms with Gasteiger partial charge in [-0.05, 0) is 12.0 Å². The van der Waals surface area contributed by atoms with Crippen LogP contribution in [-0.2, 0) is 15.9 Å². The van der Waals surface area contributed by atoms with Gasteiger partial charge >= 0.3 is 5.63 Å². The van der Waals surface area contributed by atoms with E-state index >= 15 is 0 Å². The lowest BCUT2D eigenvalue weighted by molar-refractivity contribution is -0.162. The van der Waals surface area contributed by atoms with E-state index in [1.54, 1.807) is 20.3 Å². The summed E-state index contributed by atoms with van der Waals surface area (Å²) in [4.78, 5) is 24.5. The number of ether oxygens (including phenoxy) is 4. The number of rotatable bonds is 2.